The number of hydrogen-bond donors (Lipinski definition) is 1. The summed E-state index contributed by atoms with van der Waals surface area (Å²) in [6.07, 6.45) is 6.21. The molecule has 1 N–H and O–H groups in total. The van der Waals surface area contributed by atoms with Gasteiger partial charge in [0, 0.05) is 23.9 Å². The molecule has 3 rings (SSSR count). The second kappa shape index (κ2) is 6.72. The normalized spacial score (nSPS) is 22.1. The van der Waals surface area contributed by atoms with Gasteiger partial charge >= 0.3 is 0 Å². The lowest BCUT2D eigenvalue weighted by Gasteiger charge is -2.30. The van der Waals surface area contributed by atoms with Crippen molar-refractivity contribution in [3.63, 3.8) is 0 Å². The van der Waals surface area contributed by atoms with E-state index in [2.05, 4.69) is 34.6 Å². The minimum absolute atomic E-state index is 0.402. The van der Waals surface area contributed by atoms with Gasteiger partial charge in [-0.3, -0.25) is 0 Å². The molecule has 5 heteroatoms. The number of hydrogen-bond acceptors (Lipinski definition) is 5. The number of aromatic nitrogens is 2. The highest BCUT2D eigenvalue weighted by atomic mass is 16.5. The minimum atomic E-state index is 0.402. The van der Waals surface area contributed by atoms with Crippen molar-refractivity contribution < 1.29 is 9.15 Å². The lowest BCUT2D eigenvalue weighted by atomic mass is 10.00. The van der Waals surface area contributed by atoms with Crippen LogP contribution in [0.2, 0.25) is 0 Å². The Morgan fingerprint density at radius 1 is 1.29 bits per heavy atom. The van der Waals surface area contributed by atoms with Crippen molar-refractivity contribution in [2.24, 2.45) is 0 Å². The Hall–Kier alpha value is -1.88. The summed E-state index contributed by atoms with van der Waals surface area (Å²) in [6, 6.07) is 8.61. The van der Waals surface area contributed by atoms with Gasteiger partial charge in [0.2, 0.25) is 12.3 Å². The fourth-order valence-corrected chi connectivity index (χ4v) is 2.78. The molecule has 1 aromatic heterocycles. The number of anilines is 1. The van der Waals surface area contributed by atoms with E-state index >= 15 is 0 Å². The third kappa shape index (κ3) is 3.61. The average molecular weight is 287 g/mol. The van der Waals surface area contributed by atoms with Gasteiger partial charge in [0.25, 0.3) is 0 Å². The van der Waals surface area contributed by atoms with E-state index in [1.165, 1.54) is 12.8 Å². The fraction of sp³-hybridized carbons (Fsp3) is 0.500. The first-order chi connectivity index (χ1) is 10.3. The van der Waals surface area contributed by atoms with Crippen LogP contribution in [0.4, 0.5) is 5.69 Å². The fourth-order valence-electron chi connectivity index (χ4n) is 2.78. The van der Waals surface area contributed by atoms with Crippen molar-refractivity contribution in [1.82, 2.24) is 10.2 Å². The van der Waals surface area contributed by atoms with E-state index < -0.39 is 0 Å². The van der Waals surface area contributed by atoms with Gasteiger partial charge in [-0.1, -0.05) is 13.3 Å². The summed E-state index contributed by atoms with van der Waals surface area (Å²) >= 11 is 0. The van der Waals surface area contributed by atoms with Crippen LogP contribution in [0, 0.1) is 0 Å². The molecule has 21 heavy (non-hydrogen) atoms. The van der Waals surface area contributed by atoms with Gasteiger partial charge in [-0.25, -0.2) is 0 Å². The Labute approximate surface area is 124 Å². The van der Waals surface area contributed by atoms with Crippen molar-refractivity contribution in [3.05, 3.63) is 30.7 Å². The maximum atomic E-state index is 5.79. The van der Waals surface area contributed by atoms with Crippen molar-refractivity contribution in [1.29, 1.82) is 0 Å². The summed E-state index contributed by atoms with van der Waals surface area (Å²) in [6.45, 7) is 3.05. The molecule has 2 unspecified atom stereocenters. The quantitative estimate of drug-likeness (QED) is 0.912. The zero-order valence-electron chi connectivity index (χ0n) is 12.3. The maximum absolute atomic E-state index is 5.79. The molecule has 1 fully saturated rings. The molecule has 0 amide bonds. The van der Waals surface area contributed by atoms with Crippen LogP contribution in [0.5, 0.6) is 0 Å². The molecule has 2 atom stereocenters. The lowest BCUT2D eigenvalue weighted by Crippen LogP contribution is -2.33. The smallest absolute Gasteiger partial charge is 0.247 e. The summed E-state index contributed by atoms with van der Waals surface area (Å²) < 4.78 is 11.0. The highest BCUT2D eigenvalue weighted by Crippen LogP contribution is 2.23. The van der Waals surface area contributed by atoms with Crippen LogP contribution in [0.1, 0.15) is 32.6 Å². The zero-order chi connectivity index (χ0) is 14.5. The number of benzene rings is 1. The third-order valence-electron chi connectivity index (χ3n) is 3.84. The van der Waals surface area contributed by atoms with Crippen LogP contribution >= 0.6 is 0 Å². The Kier molecular flexibility index (Phi) is 4.50. The molecule has 2 aromatic rings. The summed E-state index contributed by atoms with van der Waals surface area (Å²) in [4.78, 5) is 0. The molecular weight excluding hydrogens is 266 g/mol. The Bertz CT molecular complexity index is 537. The van der Waals surface area contributed by atoms with E-state index in [0.29, 0.717) is 18.0 Å². The summed E-state index contributed by atoms with van der Waals surface area (Å²) in [5.74, 6) is 0.552. The molecule has 5 nitrogen and oxygen atoms in total. The molecule has 1 aromatic carbocycles. The standard InChI is InChI=1S/C16H21N3O2/c1-2-3-15-10-14(8-9-20-15)18-13-6-4-12(5-7-13)16-19-17-11-21-16/h4-7,11,14-15,18H,2-3,8-10H2,1H3. The lowest BCUT2D eigenvalue weighted by molar-refractivity contribution is 0.00598. The number of rotatable bonds is 5. The molecule has 1 aliphatic heterocycles. The van der Waals surface area contributed by atoms with E-state index in [0.717, 1.165) is 37.1 Å². The predicted octanol–water partition coefficient (Wildman–Crippen LogP) is 3.50. The van der Waals surface area contributed by atoms with Gasteiger partial charge in [-0.15, -0.1) is 10.2 Å². The number of nitrogens with one attached hydrogen (secondary N) is 1. The SMILES string of the molecule is CCCC1CC(Nc2ccc(-c3nnco3)cc2)CCO1. The van der Waals surface area contributed by atoms with E-state index in [9.17, 15) is 0 Å². The maximum Gasteiger partial charge on any atom is 0.247 e. The second-order valence-electron chi connectivity index (χ2n) is 5.47. The molecule has 1 saturated heterocycles. The first-order valence-corrected chi connectivity index (χ1v) is 7.60. The molecule has 0 bridgehead atoms. The summed E-state index contributed by atoms with van der Waals surface area (Å²) in [5, 5.41) is 11.2. The molecule has 0 spiro atoms. The van der Waals surface area contributed by atoms with Crippen LogP contribution in [0.3, 0.4) is 0 Å². The molecule has 0 radical (unpaired) electrons. The van der Waals surface area contributed by atoms with Crippen LogP contribution in [0.25, 0.3) is 11.5 Å². The largest absolute Gasteiger partial charge is 0.423 e. The van der Waals surface area contributed by atoms with Gasteiger partial charge in [0.15, 0.2) is 0 Å². The van der Waals surface area contributed by atoms with E-state index in [-0.39, 0.29) is 0 Å². The van der Waals surface area contributed by atoms with Gasteiger partial charge in [-0.2, -0.15) is 0 Å². The average Bonchev–Trinajstić information content (AvgIpc) is 3.03. The van der Waals surface area contributed by atoms with E-state index in [1.54, 1.807) is 0 Å². The predicted molar refractivity (Wildman–Crippen MR) is 81.0 cm³/mol. The molecule has 0 saturated carbocycles. The Morgan fingerprint density at radius 2 is 2.14 bits per heavy atom. The van der Waals surface area contributed by atoms with Crippen molar-refractivity contribution in [3.8, 4) is 11.5 Å². The molecule has 0 aliphatic carbocycles. The highest BCUT2D eigenvalue weighted by Gasteiger charge is 2.21. The van der Waals surface area contributed by atoms with Crippen LogP contribution in [-0.4, -0.2) is 29.0 Å². The van der Waals surface area contributed by atoms with Gasteiger partial charge in [-0.05, 0) is 43.5 Å². The Balaban J connectivity index is 1.60. The van der Waals surface area contributed by atoms with Crippen molar-refractivity contribution in [2.45, 2.75) is 44.8 Å². The molecule has 112 valence electrons. The van der Waals surface area contributed by atoms with Gasteiger partial charge in [0.1, 0.15) is 0 Å². The topological polar surface area (TPSA) is 60.2 Å². The second-order valence-corrected chi connectivity index (χ2v) is 5.47. The van der Waals surface area contributed by atoms with Crippen molar-refractivity contribution in [2.75, 3.05) is 11.9 Å². The first kappa shape index (κ1) is 14.1. The van der Waals surface area contributed by atoms with Crippen LogP contribution in [0.15, 0.2) is 35.1 Å². The first-order valence-electron chi connectivity index (χ1n) is 7.60. The van der Waals surface area contributed by atoms with Crippen LogP contribution < -0.4 is 5.32 Å². The minimum Gasteiger partial charge on any atom is -0.423 e. The van der Waals surface area contributed by atoms with Crippen molar-refractivity contribution >= 4 is 5.69 Å². The van der Waals surface area contributed by atoms with Gasteiger partial charge < -0.3 is 14.5 Å². The number of ether oxygens (including phenoxy) is 1. The number of nitrogens with zero attached hydrogens (tertiary/aromatic N) is 2. The molecular formula is C16H21N3O2. The third-order valence-corrected chi connectivity index (χ3v) is 3.84. The van der Waals surface area contributed by atoms with Crippen LogP contribution in [-0.2, 0) is 4.74 Å². The summed E-state index contributed by atoms with van der Waals surface area (Å²) in [5.41, 5.74) is 2.06. The molecule has 2 heterocycles. The van der Waals surface area contributed by atoms with Gasteiger partial charge in [0.05, 0.1) is 6.10 Å². The Morgan fingerprint density at radius 3 is 2.86 bits per heavy atom. The summed E-state index contributed by atoms with van der Waals surface area (Å²) in [7, 11) is 0. The van der Waals surface area contributed by atoms with E-state index in [4.69, 9.17) is 9.15 Å². The molecule has 1 aliphatic rings. The van der Waals surface area contributed by atoms with E-state index in [1.807, 2.05) is 12.1 Å². The zero-order valence-corrected chi connectivity index (χ0v) is 12.3. The highest BCUT2D eigenvalue weighted by molar-refractivity contribution is 5.58. The monoisotopic (exact) mass is 287 g/mol.